The molecule has 28 heavy (non-hydrogen) atoms. The third-order valence-electron chi connectivity index (χ3n) is 5.47. The van der Waals surface area contributed by atoms with Gasteiger partial charge in [-0.2, -0.15) is 0 Å². The molecular weight excluding hydrogens is 375 g/mol. The summed E-state index contributed by atoms with van der Waals surface area (Å²) in [5, 5.41) is 10.6. The number of anilines is 1. The van der Waals surface area contributed by atoms with Gasteiger partial charge in [0.15, 0.2) is 0 Å². The van der Waals surface area contributed by atoms with E-state index in [-0.39, 0.29) is 18.3 Å². The van der Waals surface area contributed by atoms with Crippen LogP contribution in [0.5, 0.6) is 5.75 Å². The summed E-state index contributed by atoms with van der Waals surface area (Å²) >= 11 is 0. The summed E-state index contributed by atoms with van der Waals surface area (Å²) in [5.74, 6) is 5.24. The minimum Gasteiger partial charge on any atom is -0.406 e. The maximum absolute atomic E-state index is 13.0. The van der Waals surface area contributed by atoms with Crippen LogP contribution in [0, 0.1) is 17.3 Å². The highest BCUT2D eigenvalue weighted by Crippen LogP contribution is 2.48. The molecule has 2 aliphatic rings. The molecule has 1 aromatic rings. The first-order valence-electron chi connectivity index (χ1n) is 9.06. The maximum Gasteiger partial charge on any atom is 0.573 e. The van der Waals surface area contributed by atoms with Gasteiger partial charge in [-0.05, 0) is 56.4 Å². The van der Waals surface area contributed by atoms with Crippen molar-refractivity contribution in [3.63, 3.8) is 0 Å². The van der Waals surface area contributed by atoms with Gasteiger partial charge in [-0.25, -0.2) is 0 Å². The van der Waals surface area contributed by atoms with Crippen LogP contribution in [0.1, 0.15) is 32.1 Å². The van der Waals surface area contributed by atoms with Gasteiger partial charge in [0.1, 0.15) is 18.0 Å². The van der Waals surface area contributed by atoms with Crippen LogP contribution in [0.3, 0.4) is 0 Å². The van der Waals surface area contributed by atoms with Crippen molar-refractivity contribution in [3.8, 4) is 17.6 Å². The van der Waals surface area contributed by atoms with Crippen molar-refractivity contribution in [2.24, 2.45) is 5.41 Å². The molecule has 1 saturated heterocycles. The maximum atomic E-state index is 13.0. The van der Waals surface area contributed by atoms with Gasteiger partial charge < -0.3 is 19.5 Å². The third kappa shape index (κ3) is 4.42. The van der Waals surface area contributed by atoms with Crippen molar-refractivity contribution < 1.29 is 32.5 Å². The lowest BCUT2D eigenvalue weighted by atomic mass is 9.68. The van der Waals surface area contributed by atoms with Crippen molar-refractivity contribution in [2.45, 2.75) is 44.1 Å². The van der Waals surface area contributed by atoms with Gasteiger partial charge in [0.25, 0.3) is 0 Å². The predicted molar refractivity (Wildman–Crippen MR) is 95.6 cm³/mol. The van der Waals surface area contributed by atoms with Crippen LogP contribution in [-0.4, -0.2) is 43.2 Å². The van der Waals surface area contributed by atoms with Crippen LogP contribution in [0.15, 0.2) is 24.3 Å². The number of hydrogen-bond acceptors (Lipinski definition) is 4. The molecule has 1 amide bonds. The average molecular weight is 397 g/mol. The van der Waals surface area contributed by atoms with Gasteiger partial charge in [-0.3, -0.25) is 4.79 Å². The topological polar surface area (TPSA) is 59.0 Å². The quantitative estimate of drug-likeness (QED) is 0.796. The van der Waals surface area contributed by atoms with E-state index < -0.39 is 17.4 Å². The number of hydrogen-bond donors (Lipinski definition) is 1. The van der Waals surface area contributed by atoms with Crippen LogP contribution in [0.4, 0.5) is 18.9 Å². The molecule has 5 nitrogen and oxygen atoms in total. The highest BCUT2D eigenvalue weighted by molar-refractivity contribution is 6.00. The zero-order valence-corrected chi connectivity index (χ0v) is 15.5. The van der Waals surface area contributed by atoms with E-state index in [1.165, 1.54) is 31.4 Å². The van der Waals surface area contributed by atoms with Gasteiger partial charge in [-0.1, -0.05) is 11.8 Å². The molecular formula is C20H22F3NO4. The van der Waals surface area contributed by atoms with Crippen molar-refractivity contribution in [1.82, 2.24) is 0 Å². The van der Waals surface area contributed by atoms with Crippen molar-refractivity contribution >= 4 is 11.6 Å². The molecule has 0 aromatic heterocycles. The van der Waals surface area contributed by atoms with E-state index in [1.54, 1.807) is 4.90 Å². The number of benzene rings is 1. The number of amides is 1. The van der Waals surface area contributed by atoms with Gasteiger partial charge in [0.2, 0.25) is 5.91 Å². The summed E-state index contributed by atoms with van der Waals surface area (Å²) in [6, 6.07) is 5.30. The Kier molecular flexibility index (Phi) is 5.60. The number of alkyl halides is 3. The zero-order chi connectivity index (χ0) is 20.4. The second kappa shape index (κ2) is 7.64. The Balaban J connectivity index is 1.66. The Morgan fingerprint density at radius 2 is 1.79 bits per heavy atom. The molecule has 0 unspecified atom stereocenters. The summed E-state index contributed by atoms with van der Waals surface area (Å²) in [7, 11) is 1.53. The molecule has 2 fully saturated rings. The Morgan fingerprint density at radius 1 is 1.14 bits per heavy atom. The number of rotatable bonds is 3. The fourth-order valence-corrected chi connectivity index (χ4v) is 3.90. The fourth-order valence-electron chi connectivity index (χ4n) is 3.90. The number of nitrogens with zero attached hydrogens (tertiary/aromatic N) is 1. The van der Waals surface area contributed by atoms with Crippen molar-refractivity contribution in [2.75, 3.05) is 25.2 Å². The number of ether oxygens (including phenoxy) is 2. The highest BCUT2D eigenvalue weighted by Gasteiger charge is 2.51. The molecule has 152 valence electrons. The van der Waals surface area contributed by atoms with E-state index in [1.807, 2.05) is 0 Å². The number of halogens is 3. The molecule has 1 aliphatic carbocycles. The minimum atomic E-state index is -4.75. The van der Waals surface area contributed by atoms with E-state index in [2.05, 4.69) is 16.6 Å². The second-order valence-corrected chi connectivity index (χ2v) is 7.30. The van der Waals surface area contributed by atoms with Gasteiger partial charge in [0, 0.05) is 19.3 Å². The number of carbonyl (C=O) groups excluding carboxylic acids is 1. The number of aliphatic hydroxyl groups is 1. The molecule has 1 N–H and O–H groups in total. The summed E-state index contributed by atoms with van der Waals surface area (Å²) < 4.78 is 45.6. The second-order valence-electron chi connectivity index (χ2n) is 7.30. The fraction of sp³-hybridized carbons (Fsp3) is 0.550. The lowest BCUT2D eigenvalue weighted by Crippen LogP contribution is -2.43. The smallest absolute Gasteiger partial charge is 0.406 e. The largest absolute Gasteiger partial charge is 0.573 e. The Morgan fingerprint density at radius 3 is 2.36 bits per heavy atom. The van der Waals surface area contributed by atoms with E-state index in [9.17, 15) is 23.1 Å². The molecule has 0 atom stereocenters. The van der Waals surface area contributed by atoms with E-state index in [4.69, 9.17) is 4.74 Å². The van der Waals surface area contributed by atoms with E-state index in [0.717, 1.165) is 0 Å². The first-order valence-corrected chi connectivity index (χ1v) is 9.06. The van der Waals surface area contributed by atoms with Crippen molar-refractivity contribution in [3.05, 3.63) is 24.3 Å². The van der Waals surface area contributed by atoms with E-state index >= 15 is 0 Å². The Labute approximate surface area is 161 Å². The SMILES string of the molecule is COCC#C[C@]1(O)CC[C@@]2(CCN(c3ccc(OC(F)(F)F)cc3)C2=O)CC1. The molecule has 0 bridgehead atoms. The molecule has 1 aromatic carbocycles. The van der Waals surface area contributed by atoms with Crippen LogP contribution < -0.4 is 9.64 Å². The highest BCUT2D eigenvalue weighted by atomic mass is 19.4. The zero-order valence-electron chi connectivity index (χ0n) is 15.5. The van der Waals surface area contributed by atoms with Crippen LogP contribution in [-0.2, 0) is 9.53 Å². The standard InChI is InChI=1S/C20H22F3NO4/c1-27-14-2-7-19(26)10-8-18(9-11-19)12-13-24(17(18)25)15-3-5-16(6-4-15)28-20(21,22)23/h3-6,26H,8-14H2,1H3/t18-,19-. The van der Waals surface area contributed by atoms with Gasteiger partial charge in [-0.15, -0.1) is 13.2 Å². The average Bonchev–Trinajstić information content (AvgIpc) is 2.95. The number of methoxy groups -OCH3 is 1. The van der Waals surface area contributed by atoms with Crippen LogP contribution >= 0.6 is 0 Å². The molecule has 1 heterocycles. The number of carbonyl (C=O) groups is 1. The Bertz CT molecular complexity index is 771. The van der Waals surface area contributed by atoms with E-state index in [0.29, 0.717) is 44.3 Å². The van der Waals surface area contributed by atoms with Crippen LogP contribution in [0.2, 0.25) is 0 Å². The molecule has 1 saturated carbocycles. The minimum absolute atomic E-state index is 0.0520. The lowest BCUT2D eigenvalue weighted by molar-refractivity contribution is -0.274. The first-order chi connectivity index (χ1) is 13.2. The summed E-state index contributed by atoms with van der Waals surface area (Å²) in [4.78, 5) is 14.6. The van der Waals surface area contributed by atoms with Crippen molar-refractivity contribution in [1.29, 1.82) is 0 Å². The molecule has 1 spiro atoms. The summed E-state index contributed by atoms with van der Waals surface area (Å²) in [5.41, 5.74) is -1.11. The van der Waals surface area contributed by atoms with Crippen LogP contribution in [0.25, 0.3) is 0 Å². The monoisotopic (exact) mass is 397 g/mol. The third-order valence-corrected chi connectivity index (χ3v) is 5.47. The normalized spacial score (nSPS) is 27.6. The lowest BCUT2D eigenvalue weighted by Gasteiger charge is -2.38. The molecule has 1 aliphatic heterocycles. The first kappa shape index (κ1) is 20.5. The predicted octanol–water partition coefficient (Wildman–Crippen LogP) is 3.26. The summed E-state index contributed by atoms with van der Waals surface area (Å²) in [6.45, 7) is 0.736. The summed E-state index contributed by atoms with van der Waals surface area (Å²) in [6.07, 6.45) is -2.25. The van der Waals surface area contributed by atoms with Gasteiger partial charge in [0.05, 0.1) is 5.41 Å². The molecule has 3 rings (SSSR count). The van der Waals surface area contributed by atoms with Gasteiger partial charge >= 0.3 is 6.36 Å². The Hall–Kier alpha value is -2.24. The molecule has 0 radical (unpaired) electrons. The molecule has 8 heteroatoms.